The van der Waals surface area contributed by atoms with E-state index in [1.54, 1.807) is 14.0 Å². The fourth-order valence-corrected chi connectivity index (χ4v) is 3.98. The summed E-state index contributed by atoms with van der Waals surface area (Å²) in [6, 6.07) is 3.93. The standard InChI is InChI=1S/C13H19BrO3S/c1-8-6-11(7-9(2)13(8)17-4)12(14)10(3)18(5,15)16/h6-7,10,12H,1-5H3. The van der Waals surface area contributed by atoms with E-state index in [0.717, 1.165) is 22.4 Å². The molecule has 0 spiro atoms. The van der Waals surface area contributed by atoms with Gasteiger partial charge >= 0.3 is 0 Å². The Kier molecular flexibility index (Phi) is 4.84. The van der Waals surface area contributed by atoms with Gasteiger partial charge in [0.1, 0.15) is 5.75 Å². The zero-order valence-electron chi connectivity index (χ0n) is 11.3. The summed E-state index contributed by atoms with van der Waals surface area (Å²) in [6.45, 7) is 5.63. The van der Waals surface area contributed by atoms with Crippen LogP contribution < -0.4 is 4.74 Å². The molecule has 0 heterocycles. The SMILES string of the molecule is COc1c(C)cc(C(Br)C(C)S(C)(=O)=O)cc1C. The molecule has 0 fully saturated rings. The van der Waals surface area contributed by atoms with E-state index in [0.29, 0.717) is 0 Å². The third-order valence-corrected chi connectivity index (χ3v) is 6.39. The number of ether oxygens (including phenoxy) is 1. The van der Waals surface area contributed by atoms with Crippen molar-refractivity contribution in [3.8, 4) is 5.75 Å². The summed E-state index contributed by atoms with van der Waals surface area (Å²) in [5.41, 5.74) is 2.99. The molecule has 0 bridgehead atoms. The van der Waals surface area contributed by atoms with E-state index in [1.807, 2.05) is 26.0 Å². The minimum atomic E-state index is -3.07. The van der Waals surface area contributed by atoms with Crippen molar-refractivity contribution in [2.24, 2.45) is 0 Å². The minimum Gasteiger partial charge on any atom is -0.496 e. The molecule has 3 nitrogen and oxygen atoms in total. The van der Waals surface area contributed by atoms with E-state index < -0.39 is 15.1 Å². The second kappa shape index (κ2) is 5.61. The van der Waals surface area contributed by atoms with E-state index in [4.69, 9.17) is 4.74 Å². The lowest BCUT2D eigenvalue weighted by Crippen LogP contribution is -2.21. The highest BCUT2D eigenvalue weighted by atomic mass is 79.9. The number of hydrogen-bond acceptors (Lipinski definition) is 3. The van der Waals surface area contributed by atoms with Gasteiger partial charge in [-0.3, -0.25) is 0 Å². The summed E-state index contributed by atoms with van der Waals surface area (Å²) in [4.78, 5) is -0.212. The van der Waals surface area contributed by atoms with Crippen molar-refractivity contribution >= 4 is 25.8 Å². The summed E-state index contributed by atoms with van der Waals surface area (Å²) in [5, 5.41) is -0.468. The van der Waals surface area contributed by atoms with Crippen LogP contribution >= 0.6 is 15.9 Å². The number of alkyl halides is 1. The van der Waals surface area contributed by atoms with Crippen LogP contribution in [0.3, 0.4) is 0 Å². The largest absolute Gasteiger partial charge is 0.496 e. The average molecular weight is 335 g/mol. The molecular weight excluding hydrogens is 316 g/mol. The number of rotatable bonds is 4. The van der Waals surface area contributed by atoms with Gasteiger partial charge in [0.15, 0.2) is 9.84 Å². The number of hydrogen-bond donors (Lipinski definition) is 0. The number of methoxy groups -OCH3 is 1. The van der Waals surface area contributed by atoms with Crippen molar-refractivity contribution in [1.29, 1.82) is 0 Å². The molecule has 0 amide bonds. The second-order valence-electron chi connectivity index (χ2n) is 4.62. The molecule has 2 atom stereocenters. The molecule has 1 aromatic carbocycles. The molecule has 0 aromatic heterocycles. The van der Waals surface area contributed by atoms with Crippen molar-refractivity contribution in [2.75, 3.05) is 13.4 Å². The van der Waals surface area contributed by atoms with Gasteiger partial charge < -0.3 is 4.74 Å². The number of halogens is 1. The van der Waals surface area contributed by atoms with Crippen LogP contribution in [-0.4, -0.2) is 27.0 Å². The van der Waals surface area contributed by atoms with Crippen LogP contribution in [0.5, 0.6) is 5.75 Å². The highest BCUT2D eigenvalue weighted by Gasteiger charge is 2.25. The summed E-state index contributed by atoms with van der Waals surface area (Å²) in [5.74, 6) is 0.852. The molecule has 0 radical (unpaired) electrons. The predicted molar refractivity (Wildman–Crippen MR) is 78.4 cm³/mol. The Morgan fingerprint density at radius 1 is 1.22 bits per heavy atom. The Morgan fingerprint density at radius 3 is 2.00 bits per heavy atom. The number of benzene rings is 1. The van der Waals surface area contributed by atoms with Crippen LogP contribution in [0.15, 0.2) is 12.1 Å². The minimum absolute atomic E-state index is 0.212. The maximum Gasteiger partial charge on any atom is 0.151 e. The van der Waals surface area contributed by atoms with Crippen LogP contribution in [-0.2, 0) is 9.84 Å². The summed E-state index contributed by atoms with van der Waals surface area (Å²) < 4.78 is 28.5. The van der Waals surface area contributed by atoms with Gasteiger partial charge in [-0.1, -0.05) is 28.1 Å². The first kappa shape index (κ1) is 15.5. The molecule has 0 aliphatic rings. The van der Waals surface area contributed by atoms with Crippen LogP contribution in [0.4, 0.5) is 0 Å². The number of sulfone groups is 1. The van der Waals surface area contributed by atoms with Crippen molar-refractivity contribution in [1.82, 2.24) is 0 Å². The van der Waals surface area contributed by atoms with Crippen molar-refractivity contribution < 1.29 is 13.2 Å². The van der Waals surface area contributed by atoms with Gasteiger partial charge in [-0.2, -0.15) is 0 Å². The lowest BCUT2D eigenvalue weighted by molar-refractivity contribution is 0.408. The maximum absolute atomic E-state index is 11.6. The van der Waals surface area contributed by atoms with Crippen molar-refractivity contribution in [2.45, 2.75) is 30.8 Å². The van der Waals surface area contributed by atoms with Gasteiger partial charge in [-0.25, -0.2) is 8.42 Å². The quantitative estimate of drug-likeness (QED) is 0.794. The molecule has 18 heavy (non-hydrogen) atoms. The van der Waals surface area contributed by atoms with E-state index >= 15 is 0 Å². The van der Waals surface area contributed by atoms with Gasteiger partial charge in [0, 0.05) is 6.26 Å². The normalized spacial score (nSPS) is 15.2. The van der Waals surface area contributed by atoms with Crippen LogP contribution in [0.2, 0.25) is 0 Å². The Bertz CT molecular complexity index is 514. The molecular formula is C13H19BrO3S. The zero-order valence-corrected chi connectivity index (χ0v) is 13.7. The maximum atomic E-state index is 11.6. The Balaban J connectivity index is 3.20. The molecule has 0 N–H and O–H groups in total. The van der Waals surface area contributed by atoms with E-state index in [9.17, 15) is 8.42 Å². The first-order valence-electron chi connectivity index (χ1n) is 5.66. The topological polar surface area (TPSA) is 43.4 Å². The van der Waals surface area contributed by atoms with Crippen molar-refractivity contribution in [3.05, 3.63) is 28.8 Å². The van der Waals surface area contributed by atoms with Gasteiger partial charge in [0.05, 0.1) is 17.2 Å². The van der Waals surface area contributed by atoms with E-state index in [2.05, 4.69) is 15.9 Å². The molecule has 1 rings (SSSR count). The third kappa shape index (κ3) is 3.26. The molecule has 1 aromatic rings. The first-order chi connectivity index (χ1) is 8.18. The summed E-state index contributed by atoms with van der Waals surface area (Å²) in [6.07, 6.45) is 1.26. The monoisotopic (exact) mass is 334 g/mol. The smallest absolute Gasteiger partial charge is 0.151 e. The van der Waals surface area contributed by atoms with Crippen molar-refractivity contribution in [3.63, 3.8) is 0 Å². The van der Waals surface area contributed by atoms with Crippen LogP contribution in [0.25, 0.3) is 0 Å². The highest BCUT2D eigenvalue weighted by molar-refractivity contribution is 9.09. The summed E-state index contributed by atoms with van der Waals surface area (Å²) in [7, 11) is -1.43. The van der Waals surface area contributed by atoms with Gasteiger partial charge in [-0.05, 0) is 37.5 Å². The molecule has 0 aliphatic heterocycles. The lowest BCUT2D eigenvalue weighted by atomic mass is 10.0. The second-order valence-corrected chi connectivity index (χ2v) is 8.01. The third-order valence-electron chi connectivity index (χ3n) is 3.09. The predicted octanol–water partition coefficient (Wildman–Crippen LogP) is 3.18. The average Bonchev–Trinajstić information content (AvgIpc) is 2.25. The number of aryl methyl sites for hydroxylation is 2. The van der Waals surface area contributed by atoms with Gasteiger partial charge in [0.2, 0.25) is 0 Å². The molecule has 0 aliphatic carbocycles. The fraction of sp³-hybridized carbons (Fsp3) is 0.538. The zero-order chi connectivity index (χ0) is 14.1. The molecule has 0 saturated heterocycles. The molecule has 0 saturated carbocycles. The lowest BCUT2D eigenvalue weighted by Gasteiger charge is -2.19. The molecule has 102 valence electrons. The molecule has 2 unspecified atom stereocenters. The van der Waals surface area contributed by atoms with Gasteiger partial charge in [0.25, 0.3) is 0 Å². The van der Waals surface area contributed by atoms with Gasteiger partial charge in [-0.15, -0.1) is 0 Å². The Hall–Kier alpha value is -0.550. The molecule has 5 heteroatoms. The van der Waals surface area contributed by atoms with E-state index in [1.165, 1.54) is 6.26 Å². The van der Waals surface area contributed by atoms with Crippen LogP contribution in [0.1, 0.15) is 28.4 Å². The summed E-state index contributed by atoms with van der Waals surface area (Å²) >= 11 is 3.48. The first-order valence-corrected chi connectivity index (χ1v) is 8.53. The Morgan fingerprint density at radius 2 is 1.67 bits per heavy atom. The Labute approximate surface area is 118 Å². The highest BCUT2D eigenvalue weighted by Crippen LogP contribution is 2.34. The van der Waals surface area contributed by atoms with E-state index in [-0.39, 0.29) is 4.83 Å². The fourth-order valence-electron chi connectivity index (χ4n) is 1.95. The van der Waals surface area contributed by atoms with Crippen LogP contribution in [0, 0.1) is 13.8 Å².